The molecular formula is C12H17F2NO2. The van der Waals surface area contributed by atoms with E-state index in [0.29, 0.717) is 12.0 Å². The Bertz CT molecular complexity index is 337. The quantitative estimate of drug-likeness (QED) is 0.749. The molecule has 2 saturated carbocycles. The third-order valence-corrected chi connectivity index (χ3v) is 4.24. The largest absolute Gasteiger partial charge is 0.456 e. The van der Waals surface area contributed by atoms with E-state index in [2.05, 4.69) is 10.1 Å². The summed E-state index contributed by atoms with van der Waals surface area (Å²) in [5, 5.41) is 3.20. The fourth-order valence-corrected chi connectivity index (χ4v) is 2.83. The predicted octanol–water partition coefficient (Wildman–Crippen LogP) is 1.72. The molecule has 3 aliphatic rings. The van der Waals surface area contributed by atoms with Gasteiger partial charge in [0.25, 0.3) is 0 Å². The molecular weight excluding hydrogens is 228 g/mol. The first-order valence-corrected chi connectivity index (χ1v) is 6.31. The Morgan fingerprint density at radius 2 is 2.06 bits per heavy atom. The maximum Gasteiger partial charge on any atom is 0.377 e. The number of ether oxygens (including phenoxy) is 1. The number of esters is 1. The number of nitrogens with one attached hydrogen (secondary N) is 1. The summed E-state index contributed by atoms with van der Waals surface area (Å²) >= 11 is 0. The number of carbonyl (C=O) groups excluding carboxylic acids is 1. The van der Waals surface area contributed by atoms with Crippen LogP contribution in [0, 0.1) is 11.3 Å². The molecule has 1 heterocycles. The van der Waals surface area contributed by atoms with Crippen LogP contribution in [0.4, 0.5) is 8.78 Å². The van der Waals surface area contributed by atoms with E-state index >= 15 is 0 Å². The first kappa shape index (κ1) is 11.4. The van der Waals surface area contributed by atoms with Crippen LogP contribution in [0.15, 0.2) is 0 Å². The molecule has 3 nitrogen and oxygen atoms in total. The number of halogens is 2. The topological polar surface area (TPSA) is 38.3 Å². The van der Waals surface area contributed by atoms with Crippen molar-refractivity contribution in [3.63, 3.8) is 0 Å². The highest BCUT2D eigenvalue weighted by molar-refractivity contribution is 5.79. The molecule has 0 radical (unpaired) electrons. The number of hydrogen-bond donors (Lipinski definition) is 1. The summed E-state index contributed by atoms with van der Waals surface area (Å²) in [6.07, 6.45) is 4.01. The van der Waals surface area contributed by atoms with Crippen LogP contribution < -0.4 is 5.32 Å². The summed E-state index contributed by atoms with van der Waals surface area (Å²) in [4.78, 5) is 10.8. The van der Waals surface area contributed by atoms with Crippen molar-refractivity contribution in [2.75, 3.05) is 13.1 Å². The first-order chi connectivity index (χ1) is 8.02. The van der Waals surface area contributed by atoms with Crippen molar-refractivity contribution >= 4 is 5.97 Å². The van der Waals surface area contributed by atoms with Crippen molar-refractivity contribution < 1.29 is 18.3 Å². The minimum Gasteiger partial charge on any atom is -0.456 e. The normalized spacial score (nSPS) is 33.5. The molecule has 3 fully saturated rings. The number of hydrogen-bond acceptors (Lipinski definition) is 3. The predicted molar refractivity (Wildman–Crippen MR) is 56.7 cm³/mol. The fourth-order valence-electron chi connectivity index (χ4n) is 2.83. The molecule has 96 valence electrons. The second kappa shape index (κ2) is 3.64. The lowest BCUT2D eigenvalue weighted by Gasteiger charge is -2.16. The molecule has 1 aliphatic heterocycles. The van der Waals surface area contributed by atoms with Gasteiger partial charge in [-0.15, -0.1) is 0 Å². The lowest BCUT2D eigenvalue weighted by atomic mass is 10.0. The highest BCUT2D eigenvalue weighted by Crippen LogP contribution is 2.60. The first-order valence-electron chi connectivity index (χ1n) is 6.31. The van der Waals surface area contributed by atoms with Gasteiger partial charge in [0.1, 0.15) is 6.10 Å². The second-order valence-electron chi connectivity index (χ2n) is 5.70. The Morgan fingerprint density at radius 1 is 1.35 bits per heavy atom. The van der Waals surface area contributed by atoms with Crippen LogP contribution in [0.1, 0.15) is 32.1 Å². The van der Waals surface area contributed by atoms with E-state index in [1.807, 2.05) is 0 Å². The van der Waals surface area contributed by atoms with Crippen LogP contribution in [-0.4, -0.2) is 31.1 Å². The lowest BCUT2D eigenvalue weighted by molar-refractivity contribution is -0.159. The minimum absolute atomic E-state index is 0.357. The van der Waals surface area contributed by atoms with Crippen LogP contribution in [0.25, 0.3) is 0 Å². The molecule has 1 saturated heterocycles. The molecule has 0 aromatic heterocycles. The fraction of sp³-hybridized carbons (Fsp3) is 0.917. The van der Waals surface area contributed by atoms with Crippen molar-refractivity contribution in [2.45, 2.75) is 44.1 Å². The number of rotatable bonds is 5. The van der Waals surface area contributed by atoms with Crippen molar-refractivity contribution in [3.8, 4) is 0 Å². The Balaban J connectivity index is 1.42. The van der Waals surface area contributed by atoms with Gasteiger partial charge in [-0.1, -0.05) is 0 Å². The minimum atomic E-state index is -3.28. The van der Waals surface area contributed by atoms with Gasteiger partial charge in [0.05, 0.1) is 6.42 Å². The molecule has 0 amide bonds. The van der Waals surface area contributed by atoms with E-state index in [1.54, 1.807) is 0 Å². The van der Waals surface area contributed by atoms with Gasteiger partial charge in [-0.25, -0.2) is 4.79 Å². The van der Waals surface area contributed by atoms with Crippen LogP contribution in [0.5, 0.6) is 0 Å². The lowest BCUT2D eigenvalue weighted by Crippen LogP contribution is -2.32. The molecule has 0 aromatic rings. The third-order valence-electron chi connectivity index (χ3n) is 4.24. The van der Waals surface area contributed by atoms with E-state index in [-0.39, 0.29) is 0 Å². The van der Waals surface area contributed by atoms with Gasteiger partial charge in [-0.05, 0) is 37.0 Å². The number of carbonyl (C=O) groups is 1. The highest BCUT2D eigenvalue weighted by atomic mass is 19.3. The number of cyclic esters (lactones) is 1. The molecule has 1 unspecified atom stereocenters. The van der Waals surface area contributed by atoms with Gasteiger partial charge < -0.3 is 10.1 Å². The molecule has 0 bridgehead atoms. The van der Waals surface area contributed by atoms with Crippen LogP contribution in [0.2, 0.25) is 0 Å². The number of alkyl halides is 2. The molecule has 0 aromatic carbocycles. The summed E-state index contributed by atoms with van der Waals surface area (Å²) < 4.78 is 30.4. The molecule has 1 atom stereocenters. The summed E-state index contributed by atoms with van der Waals surface area (Å²) in [6.45, 7) is 1.24. The molecule has 0 spiro atoms. The van der Waals surface area contributed by atoms with Crippen LogP contribution in [0.3, 0.4) is 0 Å². The maximum atomic E-state index is 12.9. The van der Waals surface area contributed by atoms with Gasteiger partial charge in [-0.2, -0.15) is 8.78 Å². The van der Waals surface area contributed by atoms with Gasteiger partial charge in [0.2, 0.25) is 0 Å². The Morgan fingerprint density at radius 3 is 2.53 bits per heavy atom. The van der Waals surface area contributed by atoms with Crippen molar-refractivity contribution in [1.29, 1.82) is 0 Å². The smallest absolute Gasteiger partial charge is 0.377 e. The van der Waals surface area contributed by atoms with E-state index in [4.69, 9.17) is 0 Å². The van der Waals surface area contributed by atoms with E-state index in [9.17, 15) is 13.6 Å². The highest BCUT2D eigenvalue weighted by Gasteiger charge is 2.54. The second-order valence-corrected chi connectivity index (χ2v) is 5.70. The molecule has 17 heavy (non-hydrogen) atoms. The zero-order valence-electron chi connectivity index (χ0n) is 9.68. The zero-order chi connectivity index (χ0) is 12.1. The van der Waals surface area contributed by atoms with Crippen LogP contribution in [-0.2, 0) is 9.53 Å². The van der Waals surface area contributed by atoms with Gasteiger partial charge in [-0.3, -0.25) is 0 Å². The summed E-state index contributed by atoms with van der Waals surface area (Å²) in [6, 6.07) is 0. The summed E-state index contributed by atoms with van der Waals surface area (Å²) in [5.41, 5.74) is 0.450. The van der Waals surface area contributed by atoms with E-state index in [0.717, 1.165) is 12.5 Å². The molecule has 2 aliphatic carbocycles. The maximum absolute atomic E-state index is 12.9. The van der Waals surface area contributed by atoms with Crippen molar-refractivity contribution in [2.24, 2.45) is 11.3 Å². The zero-order valence-corrected chi connectivity index (χ0v) is 9.68. The third kappa shape index (κ3) is 2.17. The van der Waals surface area contributed by atoms with Gasteiger partial charge in [0.15, 0.2) is 0 Å². The average molecular weight is 245 g/mol. The van der Waals surface area contributed by atoms with Crippen LogP contribution >= 0.6 is 0 Å². The Labute approximate surface area is 98.9 Å². The Kier molecular flexibility index (Phi) is 2.44. The van der Waals surface area contributed by atoms with Gasteiger partial charge in [0, 0.05) is 13.1 Å². The van der Waals surface area contributed by atoms with E-state index in [1.165, 1.54) is 25.7 Å². The summed E-state index contributed by atoms with van der Waals surface area (Å²) in [5.74, 6) is -3.80. The Hall–Kier alpha value is -0.710. The van der Waals surface area contributed by atoms with Crippen molar-refractivity contribution in [1.82, 2.24) is 5.32 Å². The summed E-state index contributed by atoms with van der Waals surface area (Å²) in [7, 11) is 0. The average Bonchev–Trinajstić information content (AvgIpc) is 3.11. The monoisotopic (exact) mass is 245 g/mol. The van der Waals surface area contributed by atoms with E-state index < -0.39 is 24.4 Å². The van der Waals surface area contributed by atoms with Gasteiger partial charge >= 0.3 is 11.9 Å². The molecule has 3 rings (SSSR count). The molecule has 5 heteroatoms. The SMILES string of the molecule is O=C1OC(CNCC2(C3CC3)CC2)CC1(F)F. The standard InChI is InChI=1S/C12H17F2NO2/c13-12(14)5-9(17-10(12)16)6-15-7-11(3-4-11)8-1-2-8/h8-9,15H,1-7H2. The molecule has 1 N–H and O–H groups in total. The van der Waals surface area contributed by atoms with Crippen molar-refractivity contribution in [3.05, 3.63) is 0 Å².